The van der Waals surface area contributed by atoms with Crippen molar-refractivity contribution in [3.63, 3.8) is 0 Å². The summed E-state index contributed by atoms with van der Waals surface area (Å²) in [5.74, 6) is 0.953. The first-order valence-corrected chi connectivity index (χ1v) is 14.0. The van der Waals surface area contributed by atoms with Crippen molar-refractivity contribution in [2.24, 2.45) is 0 Å². The minimum Gasteiger partial charge on any atom is -0.474 e. The zero-order valence-electron chi connectivity index (χ0n) is 21.5. The average Bonchev–Trinajstić information content (AvgIpc) is 3.30. The van der Waals surface area contributed by atoms with E-state index in [1.165, 1.54) is 24.3 Å². The van der Waals surface area contributed by atoms with Gasteiger partial charge in [0.2, 0.25) is 5.88 Å². The van der Waals surface area contributed by atoms with Gasteiger partial charge in [0.05, 0.1) is 11.5 Å². The third kappa shape index (κ3) is 5.32. The molecule has 2 aromatic heterocycles. The Kier molecular flexibility index (Phi) is 7.01. The van der Waals surface area contributed by atoms with Crippen molar-refractivity contribution in [3.05, 3.63) is 65.6 Å². The largest absolute Gasteiger partial charge is 0.474 e. The standard InChI is InChI=1S/C27H29N7O3S/c1-17(2)34-15-13-22(14-16-34)37-27-24-18(3)31-32-26(24)29-25(30-27)19-5-7-21(8-6-19)33-38(35,36)23-11-9-20(28-4)10-12-23/h5-12,17,22,33H,13-16H2,1-3H3,(H,29,30,31,32). The number of ether oxygens (including phenoxy) is 1. The molecule has 1 fully saturated rings. The highest BCUT2D eigenvalue weighted by molar-refractivity contribution is 7.92. The summed E-state index contributed by atoms with van der Waals surface area (Å²) in [5.41, 5.74) is 2.84. The first-order chi connectivity index (χ1) is 18.2. The zero-order chi connectivity index (χ0) is 26.9. The van der Waals surface area contributed by atoms with Gasteiger partial charge in [-0.25, -0.2) is 18.2 Å². The fourth-order valence-electron chi connectivity index (χ4n) is 4.51. The Morgan fingerprint density at radius 3 is 2.39 bits per heavy atom. The van der Waals surface area contributed by atoms with Gasteiger partial charge in [-0.15, -0.1) is 0 Å². The number of H-pyrrole nitrogens is 1. The van der Waals surface area contributed by atoms with Gasteiger partial charge in [0, 0.05) is 36.1 Å². The van der Waals surface area contributed by atoms with E-state index in [1.54, 1.807) is 24.3 Å². The first kappa shape index (κ1) is 25.6. The fourth-order valence-corrected chi connectivity index (χ4v) is 5.57. The minimum absolute atomic E-state index is 0.0610. The molecule has 1 saturated heterocycles. The summed E-state index contributed by atoms with van der Waals surface area (Å²) >= 11 is 0. The molecule has 0 bridgehead atoms. The number of hydrogen-bond donors (Lipinski definition) is 2. The van der Waals surface area contributed by atoms with Crippen molar-refractivity contribution < 1.29 is 13.2 Å². The van der Waals surface area contributed by atoms with E-state index in [9.17, 15) is 8.42 Å². The second-order valence-corrected chi connectivity index (χ2v) is 11.3. The Hall–Kier alpha value is -4.01. The number of sulfonamides is 1. The molecule has 5 rings (SSSR count). The number of aromatic nitrogens is 4. The Labute approximate surface area is 221 Å². The van der Waals surface area contributed by atoms with Crippen LogP contribution in [0.15, 0.2) is 53.4 Å². The van der Waals surface area contributed by atoms with Gasteiger partial charge in [0.1, 0.15) is 11.5 Å². The number of likely N-dealkylation sites (tertiary alicyclic amines) is 1. The summed E-state index contributed by atoms with van der Waals surface area (Å²) in [7, 11) is -3.80. The smallest absolute Gasteiger partial charge is 0.261 e. The molecule has 4 aromatic rings. The molecular weight excluding hydrogens is 502 g/mol. The predicted molar refractivity (Wildman–Crippen MR) is 146 cm³/mol. The molecule has 1 aliphatic heterocycles. The van der Waals surface area contributed by atoms with E-state index in [-0.39, 0.29) is 11.0 Å². The third-order valence-electron chi connectivity index (χ3n) is 6.72. The van der Waals surface area contributed by atoms with E-state index in [4.69, 9.17) is 16.3 Å². The van der Waals surface area contributed by atoms with E-state index in [2.05, 4.69) is 43.5 Å². The molecule has 0 amide bonds. The number of aryl methyl sites for hydroxylation is 1. The summed E-state index contributed by atoms with van der Waals surface area (Å²) in [6.45, 7) is 15.3. The highest BCUT2D eigenvalue weighted by Crippen LogP contribution is 2.31. The molecular formula is C27H29N7O3S. The summed E-state index contributed by atoms with van der Waals surface area (Å²) in [6, 6.07) is 13.1. The van der Waals surface area contributed by atoms with Crippen LogP contribution in [0.1, 0.15) is 32.4 Å². The lowest BCUT2D eigenvalue weighted by Gasteiger charge is -2.34. The number of hydrogen-bond acceptors (Lipinski definition) is 7. The van der Waals surface area contributed by atoms with E-state index in [0.29, 0.717) is 40.3 Å². The molecule has 10 nitrogen and oxygen atoms in total. The Morgan fingerprint density at radius 1 is 1.08 bits per heavy atom. The van der Waals surface area contributed by atoms with Crippen LogP contribution in [-0.2, 0) is 10.0 Å². The van der Waals surface area contributed by atoms with Crippen LogP contribution in [0.5, 0.6) is 5.88 Å². The maximum absolute atomic E-state index is 12.8. The number of nitrogens with one attached hydrogen (secondary N) is 2. The second-order valence-electron chi connectivity index (χ2n) is 9.64. The van der Waals surface area contributed by atoms with Crippen molar-refractivity contribution in [2.75, 3.05) is 17.8 Å². The fraction of sp³-hybridized carbons (Fsp3) is 0.333. The maximum atomic E-state index is 12.8. The lowest BCUT2D eigenvalue weighted by atomic mass is 10.1. The van der Waals surface area contributed by atoms with E-state index >= 15 is 0 Å². The zero-order valence-corrected chi connectivity index (χ0v) is 22.3. The van der Waals surface area contributed by atoms with Crippen molar-refractivity contribution in [3.8, 4) is 17.3 Å². The first-order valence-electron chi connectivity index (χ1n) is 12.5. The van der Waals surface area contributed by atoms with Gasteiger partial charge in [0.15, 0.2) is 17.2 Å². The van der Waals surface area contributed by atoms with Crippen LogP contribution in [0, 0.1) is 13.5 Å². The molecule has 0 spiro atoms. The molecule has 0 saturated carbocycles. The van der Waals surface area contributed by atoms with Crippen molar-refractivity contribution in [1.82, 2.24) is 25.1 Å². The minimum atomic E-state index is -3.80. The average molecular weight is 532 g/mol. The maximum Gasteiger partial charge on any atom is 0.261 e. The van der Waals surface area contributed by atoms with Crippen LogP contribution in [0.25, 0.3) is 27.3 Å². The lowest BCUT2D eigenvalue weighted by molar-refractivity contribution is 0.0824. The third-order valence-corrected chi connectivity index (χ3v) is 8.12. The summed E-state index contributed by atoms with van der Waals surface area (Å²) in [5, 5.41) is 8.08. The topological polar surface area (TPSA) is 117 Å². The normalized spacial score (nSPS) is 15.0. The second kappa shape index (κ2) is 10.4. The van der Waals surface area contributed by atoms with Gasteiger partial charge >= 0.3 is 0 Å². The molecule has 0 atom stereocenters. The van der Waals surface area contributed by atoms with Gasteiger partial charge in [-0.05, 0) is 57.9 Å². The van der Waals surface area contributed by atoms with Crippen LogP contribution in [-0.4, -0.2) is 58.7 Å². The lowest BCUT2D eigenvalue weighted by Crippen LogP contribution is -2.41. The van der Waals surface area contributed by atoms with Crippen LogP contribution in [0.3, 0.4) is 0 Å². The van der Waals surface area contributed by atoms with Crippen molar-refractivity contribution in [1.29, 1.82) is 0 Å². The summed E-state index contributed by atoms with van der Waals surface area (Å²) in [4.78, 5) is 15.2. The van der Waals surface area contributed by atoms with Crippen LogP contribution in [0.2, 0.25) is 0 Å². The van der Waals surface area contributed by atoms with Crippen molar-refractivity contribution in [2.45, 2.75) is 50.7 Å². The van der Waals surface area contributed by atoms with E-state index < -0.39 is 10.0 Å². The van der Waals surface area contributed by atoms with Gasteiger partial charge < -0.3 is 9.64 Å². The monoisotopic (exact) mass is 531 g/mol. The summed E-state index contributed by atoms with van der Waals surface area (Å²) < 4.78 is 34.5. The molecule has 0 aliphatic carbocycles. The Morgan fingerprint density at radius 2 is 1.76 bits per heavy atom. The highest BCUT2D eigenvalue weighted by atomic mass is 32.2. The van der Waals surface area contributed by atoms with Crippen LogP contribution < -0.4 is 9.46 Å². The number of piperidine rings is 1. The summed E-state index contributed by atoms with van der Waals surface area (Å²) in [6.07, 6.45) is 1.90. The quantitative estimate of drug-likeness (QED) is 0.325. The number of benzene rings is 2. The molecule has 2 aromatic carbocycles. The molecule has 1 aliphatic rings. The SMILES string of the molecule is [C-]#[N+]c1ccc(S(=O)(=O)Nc2ccc(-c3nc(OC4CCN(C(C)C)CC4)c4c(C)[nH]nc4n3)cc2)cc1. The van der Waals surface area contributed by atoms with Gasteiger partial charge in [-0.1, -0.05) is 24.3 Å². The van der Waals surface area contributed by atoms with Gasteiger partial charge in [-0.3, -0.25) is 9.82 Å². The van der Waals surface area contributed by atoms with Crippen LogP contribution >= 0.6 is 0 Å². The molecule has 196 valence electrons. The molecule has 11 heteroatoms. The van der Waals surface area contributed by atoms with E-state index in [0.717, 1.165) is 37.0 Å². The number of rotatable bonds is 7. The number of aromatic amines is 1. The Balaban J connectivity index is 1.37. The highest BCUT2D eigenvalue weighted by Gasteiger charge is 2.25. The molecule has 3 heterocycles. The van der Waals surface area contributed by atoms with E-state index in [1.807, 2.05) is 6.92 Å². The number of fused-ring (bicyclic) bond motifs is 1. The number of anilines is 1. The van der Waals surface area contributed by atoms with Gasteiger partial charge in [0.25, 0.3) is 10.0 Å². The van der Waals surface area contributed by atoms with Crippen LogP contribution in [0.4, 0.5) is 11.4 Å². The molecule has 38 heavy (non-hydrogen) atoms. The Bertz CT molecular complexity index is 1580. The van der Waals surface area contributed by atoms with Crippen molar-refractivity contribution >= 4 is 32.4 Å². The molecule has 2 N–H and O–H groups in total. The predicted octanol–water partition coefficient (Wildman–Crippen LogP) is 4.93. The molecule has 0 unspecified atom stereocenters. The number of nitrogens with zero attached hydrogens (tertiary/aromatic N) is 5. The molecule has 0 radical (unpaired) electrons. The van der Waals surface area contributed by atoms with Gasteiger partial charge in [-0.2, -0.15) is 10.1 Å².